The summed E-state index contributed by atoms with van der Waals surface area (Å²) >= 11 is 0. The first-order valence-corrected chi connectivity index (χ1v) is 8.34. The lowest BCUT2D eigenvalue weighted by Gasteiger charge is -2.22. The molecule has 3 rings (SSSR count). The zero-order valence-electron chi connectivity index (χ0n) is 13.4. The third kappa shape index (κ3) is 4.08. The summed E-state index contributed by atoms with van der Waals surface area (Å²) in [5, 5.41) is 9.52. The van der Waals surface area contributed by atoms with E-state index in [0.29, 0.717) is 13.1 Å². The van der Waals surface area contributed by atoms with Gasteiger partial charge >= 0.3 is 5.97 Å². The molecule has 1 N–H and O–H groups in total. The van der Waals surface area contributed by atoms with Gasteiger partial charge in [0.25, 0.3) is 0 Å². The van der Waals surface area contributed by atoms with Crippen LogP contribution in [0.1, 0.15) is 24.0 Å². The lowest BCUT2D eigenvalue weighted by Crippen LogP contribution is -2.35. The van der Waals surface area contributed by atoms with Crippen molar-refractivity contribution in [2.75, 3.05) is 32.7 Å². The molecule has 1 saturated carbocycles. The fourth-order valence-corrected chi connectivity index (χ4v) is 3.31. The molecule has 120 valence electrons. The van der Waals surface area contributed by atoms with Crippen LogP contribution in [0.25, 0.3) is 0 Å². The van der Waals surface area contributed by atoms with Crippen LogP contribution in [0.4, 0.5) is 0 Å². The van der Waals surface area contributed by atoms with Gasteiger partial charge in [-0.2, -0.15) is 0 Å². The molecule has 0 radical (unpaired) electrons. The highest BCUT2D eigenvalue weighted by Gasteiger charge is 2.31. The largest absolute Gasteiger partial charge is 0.481 e. The standard InChI is InChI=1S/C18H26N2O2/c1-14-4-2-3-5-16(14)11-20-9-8-19(10-15-6-7-15)12-17(13-20)18(21)22/h2-5,15,17H,6-13H2,1H3,(H,21,22)/t17-/m1/s1. The molecule has 22 heavy (non-hydrogen) atoms. The second kappa shape index (κ2) is 6.80. The first-order chi connectivity index (χ1) is 10.6. The minimum Gasteiger partial charge on any atom is -0.481 e. The molecule has 1 saturated heterocycles. The molecule has 2 fully saturated rings. The van der Waals surface area contributed by atoms with Crippen molar-refractivity contribution in [1.29, 1.82) is 0 Å². The molecule has 0 spiro atoms. The Bertz CT molecular complexity index is 528. The molecule has 0 amide bonds. The Morgan fingerprint density at radius 2 is 1.86 bits per heavy atom. The van der Waals surface area contributed by atoms with E-state index in [1.807, 2.05) is 0 Å². The molecule has 4 heteroatoms. The van der Waals surface area contributed by atoms with Crippen molar-refractivity contribution in [2.45, 2.75) is 26.3 Å². The van der Waals surface area contributed by atoms with Crippen molar-refractivity contribution in [3.63, 3.8) is 0 Å². The van der Waals surface area contributed by atoms with E-state index in [2.05, 4.69) is 41.0 Å². The molecule has 1 aliphatic heterocycles. The SMILES string of the molecule is Cc1ccccc1CN1CCN(CC2CC2)C[C@@H](C(=O)O)C1. The van der Waals surface area contributed by atoms with Crippen molar-refractivity contribution < 1.29 is 9.90 Å². The van der Waals surface area contributed by atoms with Gasteiger partial charge in [0.1, 0.15) is 0 Å². The van der Waals surface area contributed by atoms with Gasteiger partial charge in [-0.25, -0.2) is 0 Å². The Hall–Kier alpha value is -1.39. The van der Waals surface area contributed by atoms with Crippen LogP contribution in [0.3, 0.4) is 0 Å². The quantitative estimate of drug-likeness (QED) is 0.906. The predicted octanol–water partition coefficient (Wildman–Crippen LogP) is 2.22. The second-order valence-corrected chi connectivity index (χ2v) is 6.90. The first-order valence-electron chi connectivity index (χ1n) is 8.34. The van der Waals surface area contributed by atoms with Gasteiger partial charge < -0.3 is 10.0 Å². The third-order valence-corrected chi connectivity index (χ3v) is 4.91. The number of hydrogen-bond donors (Lipinski definition) is 1. The maximum absolute atomic E-state index is 11.6. The first kappa shape index (κ1) is 15.5. The molecule has 0 aromatic heterocycles. The fraction of sp³-hybridized carbons (Fsp3) is 0.611. The number of aliphatic carboxylic acids is 1. The minimum absolute atomic E-state index is 0.273. The lowest BCUT2D eigenvalue weighted by molar-refractivity contribution is -0.142. The average molecular weight is 302 g/mol. The smallest absolute Gasteiger partial charge is 0.309 e. The van der Waals surface area contributed by atoms with Gasteiger partial charge in [0.2, 0.25) is 0 Å². The molecule has 1 aliphatic carbocycles. The van der Waals surface area contributed by atoms with E-state index in [4.69, 9.17) is 0 Å². The summed E-state index contributed by atoms with van der Waals surface area (Å²) in [6.07, 6.45) is 2.64. The highest BCUT2D eigenvalue weighted by atomic mass is 16.4. The van der Waals surface area contributed by atoms with Gasteiger partial charge in [0, 0.05) is 39.3 Å². The van der Waals surface area contributed by atoms with Gasteiger partial charge in [-0.1, -0.05) is 24.3 Å². The predicted molar refractivity (Wildman–Crippen MR) is 86.7 cm³/mol. The van der Waals surface area contributed by atoms with E-state index < -0.39 is 5.97 Å². The van der Waals surface area contributed by atoms with Crippen LogP contribution in [0.2, 0.25) is 0 Å². The summed E-state index contributed by atoms with van der Waals surface area (Å²) in [6, 6.07) is 8.39. The van der Waals surface area contributed by atoms with Crippen molar-refractivity contribution in [3.8, 4) is 0 Å². The highest BCUT2D eigenvalue weighted by Crippen LogP contribution is 2.30. The number of carbonyl (C=O) groups is 1. The molecule has 1 aromatic carbocycles. The van der Waals surface area contributed by atoms with Crippen molar-refractivity contribution >= 4 is 5.97 Å². The van der Waals surface area contributed by atoms with Gasteiger partial charge in [-0.05, 0) is 36.8 Å². The van der Waals surface area contributed by atoms with Crippen LogP contribution >= 0.6 is 0 Å². The Morgan fingerprint density at radius 1 is 1.18 bits per heavy atom. The summed E-state index contributed by atoms with van der Waals surface area (Å²) in [7, 11) is 0. The Balaban J connectivity index is 1.66. The van der Waals surface area contributed by atoms with E-state index >= 15 is 0 Å². The molecular formula is C18H26N2O2. The van der Waals surface area contributed by atoms with E-state index in [0.717, 1.165) is 32.1 Å². The van der Waals surface area contributed by atoms with E-state index in [1.165, 1.54) is 24.0 Å². The fourth-order valence-electron chi connectivity index (χ4n) is 3.31. The number of carboxylic acid groups (broad SMARTS) is 1. The molecule has 0 bridgehead atoms. The second-order valence-electron chi connectivity index (χ2n) is 6.90. The van der Waals surface area contributed by atoms with Gasteiger partial charge in [0.15, 0.2) is 0 Å². The van der Waals surface area contributed by atoms with Crippen molar-refractivity contribution in [2.24, 2.45) is 11.8 Å². The number of carboxylic acids is 1. The summed E-state index contributed by atoms with van der Waals surface area (Å²) in [6.45, 7) is 7.38. The van der Waals surface area contributed by atoms with Crippen molar-refractivity contribution in [1.82, 2.24) is 9.80 Å². The maximum atomic E-state index is 11.6. The Labute approximate surface area is 132 Å². The highest BCUT2D eigenvalue weighted by molar-refractivity contribution is 5.70. The van der Waals surface area contributed by atoms with E-state index in [-0.39, 0.29) is 5.92 Å². The zero-order chi connectivity index (χ0) is 15.5. The monoisotopic (exact) mass is 302 g/mol. The molecule has 1 aromatic rings. The number of hydrogen-bond acceptors (Lipinski definition) is 3. The third-order valence-electron chi connectivity index (χ3n) is 4.91. The number of benzene rings is 1. The number of nitrogens with zero attached hydrogens (tertiary/aromatic N) is 2. The minimum atomic E-state index is -0.655. The topological polar surface area (TPSA) is 43.8 Å². The number of aryl methyl sites for hydroxylation is 1. The van der Waals surface area contributed by atoms with Crippen LogP contribution in [-0.4, -0.2) is 53.6 Å². The van der Waals surface area contributed by atoms with Crippen LogP contribution in [-0.2, 0) is 11.3 Å². The number of rotatable bonds is 5. The van der Waals surface area contributed by atoms with E-state index in [1.54, 1.807) is 0 Å². The molecule has 1 heterocycles. The van der Waals surface area contributed by atoms with Crippen LogP contribution in [0.5, 0.6) is 0 Å². The van der Waals surface area contributed by atoms with Gasteiger partial charge in [0.05, 0.1) is 5.92 Å². The van der Waals surface area contributed by atoms with Gasteiger partial charge in [-0.15, -0.1) is 0 Å². The molecule has 4 nitrogen and oxygen atoms in total. The molecule has 1 atom stereocenters. The van der Waals surface area contributed by atoms with E-state index in [9.17, 15) is 9.90 Å². The average Bonchev–Trinajstić information content (AvgIpc) is 3.30. The Morgan fingerprint density at radius 3 is 2.55 bits per heavy atom. The lowest BCUT2D eigenvalue weighted by atomic mass is 10.1. The van der Waals surface area contributed by atoms with Crippen LogP contribution < -0.4 is 0 Å². The molecular weight excluding hydrogens is 276 g/mol. The summed E-state index contributed by atoms with van der Waals surface area (Å²) in [4.78, 5) is 16.2. The van der Waals surface area contributed by atoms with Crippen LogP contribution in [0, 0.1) is 18.8 Å². The normalized spacial score (nSPS) is 24.1. The molecule has 0 unspecified atom stereocenters. The zero-order valence-corrected chi connectivity index (χ0v) is 13.4. The van der Waals surface area contributed by atoms with Crippen molar-refractivity contribution in [3.05, 3.63) is 35.4 Å². The maximum Gasteiger partial charge on any atom is 0.309 e. The summed E-state index contributed by atoms with van der Waals surface area (Å²) in [5.74, 6) is -0.111. The summed E-state index contributed by atoms with van der Waals surface area (Å²) in [5.41, 5.74) is 2.59. The summed E-state index contributed by atoms with van der Waals surface area (Å²) < 4.78 is 0. The van der Waals surface area contributed by atoms with Gasteiger partial charge in [-0.3, -0.25) is 9.69 Å². The van der Waals surface area contributed by atoms with Crippen LogP contribution in [0.15, 0.2) is 24.3 Å². The Kier molecular flexibility index (Phi) is 4.79. The molecule has 2 aliphatic rings.